The van der Waals surface area contributed by atoms with Gasteiger partial charge in [0, 0.05) is 6.61 Å². The summed E-state index contributed by atoms with van der Waals surface area (Å²) in [6.45, 7) is 1.80. The lowest BCUT2D eigenvalue weighted by Gasteiger charge is -2.03. The van der Waals surface area contributed by atoms with Crippen LogP contribution in [0.4, 0.5) is 0 Å². The Labute approximate surface area is 84.5 Å². The Bertz CT molecular complexity index is 271. The Morgan fingerprint density at radius 3 is 2.64 bits per heavy atom. The zero-order valence-corrected chi connectivity index (χ0v) is 8.23. The van der Waals surface area contributed by atoms with E-state index in [1.807, 2.05) is 18.2 Å². The zero-order valence-electron chi connectivity index (χ0n) is 8.23. The summed E-state index contributed by atoms with van der Waals surface area (Å²) in [6, 6.07) is 10.2. The highest BCUT2D eigenvalue weighted by Crippen LogP contribution is 2.37. The third-order valence-electron chi connectivity index (χ3n) is 2.75. The van der Waals surface area contributed by atoms with Gasteiger partial charge in [-0.2, -0.15) is 0 Å². The molecule has 0 spiro atoms. The Kier molecular flexibility index (Phi) is 3.17. The lowest BCUT2D eigenvalue weighted by Crippen LogP contribution is -2.00. The molecule has 1 aromatic carbocycles. The van der Waals surface area contributed by atoms with Crippen molar-refractivity contribution in [1.82, 2.24) is 0 Å². The molecule has 2 rings (SSSR count). The topological polar surface area (TPSA) is 29.5 Å². The number of aliphatic hydroxyl groups is 1. The predicted molar refractivity (Wildman–Crippen MR) is 54.8 cm³/mol. The largest absolute Gasteiger partial charge is 0.396 e. The third-order valence-corrected chi connectivity index (χ3v) is 2.75. The minimum atomic E-state index is 0.319. The molecule has 1 aromatic rings. The summed E-state index contributed by atoms with van der Waals surface area (Å²) in [6.07, 6.45) is 1.13. The second kappa shape index (κ2) is 4.58. The Morgan fingerprint density at radius 1 is 1.21 bits per heavy atom. The van der Waals surface area contributed by atoms with Crippen molar-refractivity contribution in [3.63, 3.8) is 0 Å². The Hall–Kier alpha value is -0.860. The van der Waals surface area contributed by atoms with Crippen molar-refractivity contribution in [3.8, 4) is 0 Å². The maximum absolute atomic E-state index is 8.84. The minimum absolute atomic E-state index is 0.319. The second-order valence-corrected chi connectivity index (χ2v) is 3.94. The fourth-order valence-electron chi connectivity index (χ4n) is 1.64. The molecule has 14 heavy (non-hydrogen) atoms. The number of aliphatic hydroxyl groups excluding tert-OH is 1. The minimum Gasteiger partial charge on any atom is -0.396 e. The number of benzene rings is 1. The van der Waals surface area contributed by atoms with Crippen LogP contribution in [0.2, 0.25) is 0 Å². The standard InChI is InChI=1S/C12H16O2/c13-7-11-6-12(11)9-14-8-10-4-2-1-3-5-10/h1-5,11-13H,6-9H2/t11-,12-/m0/s1. The van der Waals surface area contributed by atoms with E-state index in [2.05, 4.69) is 12.1 Å². The van der Waals surface area contributed by atoms with Crippen LogP contribution in [0.3, 0.4) is 0 Å². The summed E-state index contributed by atoms with van der Waals surface area (Å²) in [5.41, 5.74) is 1.22. The van der Waals surface area contributed by atoms with Crippen LogP contribution >= 0.6 is 0 Å². The molecular weight excluding hydrogens is 176 g/mol. The summed E-state index contributed by atoms with van der Waals surface area (Å²) in [5, 5.41) is 8.84. The van der Waals surface area contributed by atoms with Crippen molar-refractivity contribution in [2.75, 3.05) is 13.2 Å². The van der Waals surface area contributed by atoms with Gasteiger partial charge in [-0.15, -0.1) is 0 Å². The molecule has 76 valence electrons. The van der Waals surface area contributed by atoms with Crippen LogP contribution in [0.5, 0.6) is 0 Å². The lowest BCUT2D eigenvalue weighted by atomic mass is 10.2. The molecule has 0 bridgehead atoms. The molecule has 0 aliphatic heterocycles. The molecule has 0 saturated heterocycles. The van der Waals surface area contributed by atoms with Gasteiger partial charge in [0.15, 0.2) is 0 Å². The third kappa shape index (κ3) is 2.56. The van der Waals surface area contributed by atoms with Crippen molar-refractivity contribution < 1.29 is 9.84 Å². The Morgan fingerprint density at radius 2 is 2.00 bits per heavy atom. The molecular formula is C12H16O2. The van der Waals surface area contributed by atoms with Crippen molar-refractivity contribution >= 4 is 0 Å². The first-order valence-corrected chi connectivity index (χ1v) is 5.12. The number of rotatable bonds is 5. The van der Waals surface area contributed by atoms with Crippen LogP contribution in [0, 0.1) is 11.8 Å². The SMILES string of the molecule is OC[C@@H]1C[C@H]1COCc1ccccc1. The predicted octanol–water partition coefficient (Wildman–Crippen LogP) is 1.83. The van der Waals surface area contributed by atoms with Crippen LogP contribution in [0.25, 0.3) is 0 Å². The van der Waals surface area contributed by atoms with Gasteiger partial charge in [0.2, 0.25) is 0 Å². The first-order valence-electron chi connectivity index (χ1n) is 5.12. The van der Waals surface area contributed by atoms with E-state index in [9.17, 15) is 0 Å². The molecule has 2 atom stereocenters. The highest BCUT2D eigenvalue weighted by atomic mass is 16.5. The second-order valence-electron chi connectivity index (χ2n) is 3.94. The van der Waals surface area contributed by atoms with Crippen molar-refractivity contribution in [3.05, 3.63) is 35.9 Å². The Balaban J connectivity index is 1.64. The maximum atomic E-state index is 8.84. The van der Waals surface area contributed by atoms with Crippen LogP contribution in [0.15, 0.2) is 30.3 Å². The van der Waals surface area contributed by atoms with Gasteiger partial charge in [0.25, 0.3) is 0 Å². The fourth-order valence-corrected chi connectivity index (χ4v) is 1.64. The van der Waals surface area contributed by atoms with Gasteiger partial charge < -0.3 is 9.84 Å². The van der Waals surface area contributed by atoms with Crippen molar-refractivity contribution in [2.45, 2.75) is 13.0 Å². The number of hydrogen-bond donors (Lipinski definition) is 1. The number of hydrogen-bond acceptors (Lipinski definition) is 2. The molecule has 1 fully saturated rings. The molecule has 0 unspecified atom stereocenters. The smallest absolute Gasteiger partial charge is 0.0717 e. The van der Waals surface area contributed by atoms with E-state index in [0.29, 0.717) is 25.0 Å². The molecule has 0 aromatic heterocycles. The van der Waals surface area contributed by atoms with Crippen LogP contribution < -0.4 is 0 Å². The normalized spacial score (nSPS) is 24.9. The number of ether oxygens (including phenoxy) is 1. The van der Waals surface area contributed by atoms with Gasteiger partial charge in [-0.05, 0) is 23.8 Å². The first-order chi connectivity index (χ1) is 6.90. The summed E-state index contributed by atoms with van der Waals surface area (Å²) >= 11 is 0. The molecule has 2 heteroatoms. The fraction of sp³-hybridized carbons (Fsp3) is 0.500. The molecule has 0 radical (unpaired) electrons. The summed E-state index contributed by atoms with van der Waals surface area (Å²) in [4.78, 5) is 0. The van der Waals surface area contributed by atoms with E-state index in [4.69, 9.17) is 9.84 Å². The highest BCUT2D eigenvalue weighted by molar-refractivity contribution is 5.13. The molecule has 0 heterocycles. The molecule has 0 amide bonds. The molecule has 2 nitrogen and oxygen atoms in total. The quantitative estimate of drug-likeness (QED) is 0.771. The maximum Gasteiger partial charge on any atom is 0.0717 e. The van der Waals surface area contributed by atoms with Crippen LogP contribution in [-0.4, -0.2) is 18.3 Å². The van der Waals surface area contributed by atoms with E-state index in [1.165, 1.54) is 5.56 Å². The van der Waals surface area contributed by atoms with Crippen molar-refractivity contribution in [2.24, 2.45) is 11.8 Å². The average molecular weight is 192 g/mol. The van der Waals surface area contributed by atoms with Gasteiger partial charge in [0.1, 0.15) is 0 Å². The lowest BCUT2D eigenvalue weighted by molar-refractivity contribution is 0.104. The van der Waals surface area contributed by atoms with Gasteiger partial charge in [-0.1, -0.05) is 30.3 Å². The highest BCUT2D eigenvalue weighted by Gasteiger charge is 2.36. The molecule has 1 aliphatic rings. The van der Waals surface area contributed by atoms with Gasteiger partial charge in [-0.3, -0.25) is 0 Å². The summed E-state index contributed by atoms with van der Waals surface area (Å²) in [7, 11) is 0. The monoisotopic (exact) mass is 192 g/mol. The summed E-state index contributed by atoms with van der Waals surface area (Å²) < 4.78 is 5.56. The van der Waals surface area contributed by atoms with E-state index in [-0.39, 0.29) is 0 Å². The van der Waals surface area contributed by atoms with Crippen molar-refractivity contribution in [1.29, 1.82) is 0 Å². The first kappa shape index (κ1) is 9.69. The summed E-state index contributed by atoms with van der Waals surface area (Å²) in [5.74, 6) is 1.11. The van der Waals surface area contributed by atoms with Crippen LogP contribution in [0.1, 0.15) is 12.0 Å². The van der Waals surface area contributed by atoms with E-state index in [0.717, 1.165) is 13.0 Å². The van der Waals surface area contributed by atoms with E-state index >= 15 is 0 Å². The average Bonchev–Trinajstić information content (AvgIpc) is 2.98. The van der Waals surface area contributed by atoms with Gasteiger partial charge in [0.05, 0.1) is 13.2 Å². The van der Waals surface area contributed by atoms with Gasteiger partial charge >= 0.3 is 0 Å². The van der Waals surface area contributed by atoms with E-state index in [1.54, 1.807) is 0 Å². The van der Waals surface area contributed by atoms with Crippen LogP contribution in [-0.2, 0) is 11.3 Å². The molecule has 1 saturated carbocycles. The zero-order chi connectivity index (χ0) is 9.80. The van der Waals surface area contributed by atoms with Gasteiger partial charge in [-0.25, -0.2) is 0 Å². The molecule has 1 N–H and O–H groups in total. The van der Waals surface area contributed by atoms with E-state index < -0.39 is 0 Å². The molecule has 1 aliphatic carbocycles.